The predicted octanol–water partition coefficient (Wildman–Crippen LogP) is 3.72. The Kier molecular flexibility index (Phi) is 3.84. The molecule has 2 rings (SSSR count). The molecule has 0 aliphatic heterocycles. The second kappa shape index (κ2) is 5.37. The molecule has 0 radical (unpaired) electrons. The summed E-state index contributed by atoms with van der Waals surface area (Å²) in [7, 11) is 1.40. The largest absolute Gasteiger partial charge is 0.493 e. The molecule has 0 saturated heterocycles. The average molecular weight is 289 g/mol. The zero-order valence-corrected chi connectivity index (χ0v) is 10.7. The quantitative estimate of drug-likeness (QED) is 0.808. The third-order valence-corrected chi connectivity index (χ3v) is 2.61. The molecule has 0 amide bonds. The third-order valence-electron chi connectivity index (χ3n) is 2.07. The Morgan fingerprint density at radius 3 is 2.39 bits per heavy atom. The molecule has 0 N–H and O–H groups in total. The van der Waals surface area contributed by atoms with Crippen LogP contribution in [0.15, 0.2) is 24.5 Å². The van der Waals surface area contributed by atoms with Crippen LogP contribution in [0.5, 0.6) is 17.2 Å². The predicted molar refractivity (Wildman–Crippen MR) is 65.1 cm³/mol. The van der Waals surface area contributed by atoms with Crippen molar-refractivity contribution in [3.8, 4) is 17.2 Å². The molecular formula is C11H7Cl2FN2O2. The average Bonchev–Trinajstić information content (AvgIpc) is 2.35. The summed E-state index contributed by atoms with van der Waals surface area (Å²) in [6.07, 6.45) is 1.18. The van der Waals surface area contributed by atoms with Crippen LogP contribution in [0, 0.1) is 5.82 Å². The summed E-state index contributed by atoms with van der Waals surface area (Å²) in [6.45, 7) is 0. The van der Waals surface area contributed by atoms with E-state index in [1.54, 1.807) is 6.07 Å². The summed E-state index contributed by atoms with van der Waals surface area (Å²) >= 11 is 11.6. The van der Waals surface area contributed by atoms with Crippen molar-refractivity contribution in [3.05, 3.63) is 40.6 Å². The Labute approximate surface area is 112 Å². The van der Waals surface area contributed by atoms with Gasteiger partial charge < -0.3 is 9.47 Å². The van der Waals surface area contributed by atoms with E-state index in [2.05, 4.69) is 9.97 Å². The fourth-order valence-electron chi connectivity index (χ4n) is 1.27. The maximum Gasteiger partial charge on any atom is 0.205 e. The molecule has 1 aromatic carbocycles. The highest BCUT2D eigenvalue weighted by atomic mass is 35.5. The van der Waals surface area contributed by atoms with Gasteiger partial charge in [0.25, 0.3) is 0 Å². The number of halogens is 3. The normalized spacial score (nSPS) is 10.2. The van der Waals surface area contributed by atoms with Crippen LogP contribution in [0.1, 0.15) is 0 Å². The van der Waals surface area contributed by atoms with E-state index >= 15 is 0 Å². The Morgan fingerprint density at radius 1 is 1.11 bits per heavy atom. The van der Waals surface area contributed by atoms with Gasteiger partial charge in [0.05, 0.1) is 7.11 Å². The first-order valence-electron chi connectivity index (χ1n) is 4.80. The van der Waals surface area contributed by atoms with E-state index in [1.165, 1.54) is 25.6 Å². The van der Waals surface area contributed by atoms with Crippen LogP contribution >= 0.6 is 23.2 Å². The van der Waals surface area contributed by atoms with Crippen LogP contribution in [-0.4, -0.2) is 17.1 Å². The maximum absolute atomic E-state index is 13.7. The summed E-state index contributed by atoms with van der Waals surface area (Å²) in [5.41, 5.74) is 0. The molecular weight excluding hydrogens is 282 g/mol. The third kappa shape index (κ3) is 2.47. The van der Waals surface area contributed by atoms with Crippen LogP contribution in [0.4, 0.5) is 4.39 Å². The van der Waals surface area contributed by atoms with Gasteiger partial charge in [0, 0.05) is 0 Å². The maximum atomic E-state index is 13.7. The van der Waals surface area contributed by atoms with Gasteiger partial charge in [0.15, 0.2) is 21.9 Å². The Morgan fingerprint density at radius 2 is 1.78 bits per heavy atom. The highest BCUT2D eigenvalue weighted by Crippen LogP contribution is 2.38. The van der Waals surface area contributed by atoms with E-state index < -0.39 is 5.82 Å². The van der Waals surface area contributed by atoms with Crippen LogP contribution in [-0.2, 0) is 0 Å². The summed E-state index contributed by atoms with van der Waals surface area (Å²) in [5, 5.41) is -0.0272. The van der Waals surface area contributed by atoms with Crippen molar-refractivity contribution in [2.24, 2.45) is 0 Å². The van der Waals surface area contributed by atoms with Gasteiger partial charge in [0.2, 0.25) is 11.5 Å². The van der Waals surface area contributed by atoms with Gasteiger partial charge in [-0.2, -0.15) is 0 Å². The lowest BCUT2D eigenvalue weighted by molar-refractivity contribution is 0.363. The zero-order valence-electron chi connectivity index (χ0n) is 9.15. The Balaban J connectivity index is 2.46. The number of hydrogen-bond acceptors (Lipinski definition) is 4. The second-order valence-electron chi connectivity index (χ2n) is 3.16. The number of nitrogens with zero attached hydrogens (tertiary/aromatic N) is 2. The Bertz CT molecular complexity index is 561. The molecule has 0 aliphatic rings. The lowest BCUT2D eigenvalue weighted by Crippen LogP contribution is -1.96. The molecule has 4 nitrogen and oxygen atoms in total. The van der Waals surface area contributed by atoms with Gasteiger partial charge in [-0.25, -0.2) is 14.4 Å². The summed E-state index contributed by atoms with van der Waals surface area (Å²) < 4.78 is 23.9. The molecule has 0 unspecified atom stereocenters. The van der Waals surface area contributed by atoms with Crippen LogP contribution in [0.3, 0.4) is 0 Å². The van der Waals surface area contributed by atoms with Crippen LogP contribution < -0.4 is 9.47 Å². The van der Waals surface area contributed by atoms with E-state index in [1.807, 2.05) is 0 Å². The van der Waals surface area contributed by atoms with Crippen molar-refractivity contribution >= 4 is 23.2 Å². The van der Waals surface area contributed by atoms with Crippen LogP contribution in [0.2, 0.25) is 10.3 Å². The number of para-hydroxylation sites is 1. The SMILES string of the molecule is COc1cccc(F)c1Oc1c(Cl)ncnc1Cl. The van der Waals surface area contributed by atoms with Crippen molar-refractivity contribution in [2.45, 2.75) is 0 Å². The molecule has 1 heterocycles. The molecule has 18 heavy (non-hydrogen) atoms. The lowest BCUT2D eigenvalue weighted by Gasteiger charge is -2.11. The fourth-order valence-corrected chi connectivity index (χ4v) is 1.66. The molecule has 1 aromatic heterocycles. The van der Waals surface area contributed by atoms with Gasteiger partial charge in [-0.3, -0.25) is 0 Å². The monoisotopic (exact) mass is 288 g/mol. The van der Waals surface area contributed by atoms with Crippen molar-refractivity contribution in [2.75, 3.05) is 7.11 Å². The number of rotatable bonds is 3. The summed E-state index contributed by atoms with van der Waals surface area (Å²) in [4.78, 5) is 7.41. The van der Waals surface area contributed by atoms with Crippen molar-refractivity contribution < 1.29 is 13.9 Å². The zero-order chi connectivity index (χ0) is 13.1. The van der Waals surface area contributed by atoms with Gasteiger partial charge in [0.1, 0.15) is 6.33 Å². The van der Waals surface area contributed by atoms with E-state index in [9.17, 15) is 4.39 Å². The number of ether oxygens (including phenoxy) is 2. The first-order valence-corrected chi connectivity index (χ1v) is 5.55. The first kappa shape index (κ1) is 12.9. The molecule has 7 heteroatoms. The summed E-state index contributed by atoms with van der Waals surface area (Å²) in [6, 6.07) is 4.26. The molecule has 94 valence electrons. The molecule has 0 fully saturated rings. The van der Waals surface area contributed by atoms with Gasteiger partial charge in [-0.1, -0.05) is 29.3 Å². The minimum Gasteiger partial charge on any atom is -0.493 e. The molecule has 0 spiro atoms. The minimum absolute atomic E-state index is 0.0136. The molecule has 0 bridgehead atoms. The molecule has 0 atom stereocenters. The smallest absolute Gasteiger partial charge is 0.205 e. The van der Waals surface area contributed by atoms with E-state index in [-0.39, 0.29) is 27.6 Å². The lowest BCUT2D eigenvalue weighted by atomic mass is 10.3. The number of methoxy groups -OCH3 is 1. The molecule has 2 aromatic rings. The van der Waals surface area contributed by atoms with E-state index in [4.69, 9.17) is 32.7 Å². The van der Waals surface area contributed by atoms with Gasteiger partial charge in [-0.05, 0) is 12.1 Å². The van der Waals surface area contributed by atoms with E-state index in [0.717, 1.165) is 0 Å². The second-order valence-corrected chi connectivity index (χ2v) is 3.87. The topological polar surface area (TPSA) is 44.2 Å². The first-order chi connectivity index (χ1) is 8.63. The van der Waals surface area contributed by atoms with Gasteiger partial charge in [-0.15, -0.1) is 0 Å². The molecule has 0 aliphatic carbocycles. The fraction of sp³-hybridized carbons (Fsp3) is 0.0909. The van der Waals surface area contributed by atoms with E-state index in [0.29, 0.717) is 0 Å². The van der Waals surface area contributed by atoms with Gasteiger partial charge >= 0.3 is 0 Å². The highest BCUT2D eigenvalue weighted by Gasteiger charge is 2.17. The Hall–Kier alpha value is -1.59. The van der Waals surface area contributed by atoms with Crippen LogP contribution in [0.25, 0.3) is 0 Å². The highest BCUT2D eigenvalue weighted by molar-refractivity contribution is 6.35. The number of aromatic nitrogens is 2. The van der Waals surface area contributed by atoms with Crippen molar-refractivity contribution in [1.29, 1.82) is 0 Å². The van der Waals surface area contributed by atoms with Crippen molar-refractivity contribution in [3.63, 3.8) is 0 Å². The summed E-state index contributed by atoms with van der Waals surface area (Å²) in [5.74, 6) is -0.542. The molecule has 0 saturated carbocycles. The standard InChI is InChI=1S/C11H7Cl2FN2O2/c1-17-7-4-2-3-6(14)8(7)18-9-10(12)15-5-16-11(9)13/h2-5H,1H3. The minimum atomic E-state index is -0.606. The number of hydrogen-bond donors (Lipinski definition) is 0. The van der Waals surface area contributed by atoms with Crippen molar-refractivity contribution in [1.82, 2.24) is 9.97 Å². The number of benzene rings is 1.